The molecule has 0 atom stereocenters. The molecule has 0 saturated carbocycles. The van der Waals surface area contributed by atoms with Crippen molar-refractivity contribution >= 4 is 45.9 Å². The Bertz CT molecular complexity index is 820. The van der Waals surface area contributed by atoms with Gasteiger partial charge in [-0.1, -0.05) is 41.4 Å². The minimum absolute atomic E-state index is 0.525. The maximum atomic E-state index is 6.17. The standard InChI is InChI=1S/C16H14Cl2N4/c1-19-15-12-4-2-3-5-14(12)21-16(22-15)20-9-10-6-7-11(17)8-13(10)18/h2-8H,9H2,1H3,(H2,19,20,21,22). The third kappa shape index (κ3) is 3.08. The van der Waals surface area contributed by atoms with Gasteiger partial charge in [-0.3, -0.25) is 0 Å². The summed E-state index contributed by atoms with van der Waals surface area (Å²) in [6.07, 6.45) is 0. The van der Waals surface area contributed by atoms with Crippen molar-refractivity contribution in [3.05, 3.63) is 58.1 Å². The van der Waals surface area contributed by atoms with Crippen LogP contribution >= 0.6 is 23.2 Å². The predicted molar refractivity (Wildman–Crippen MR) is 92.9 cm³/mol. The Morgan fingerprint density at radius 3 is 2.64 bits per heavy atom. The normalized spacial score (nSPS) is 10.7. The summed E-state index contributed by atoms with van der Waals surface area (Å²) < 4.78 is 0. The maximum absolute atomic E-state index is 6.17. The van der Waals surface area contributed by atoms with Gasteiger partial charge in [-0.15, -0.1) is 0 Å². The minimum atomic E-state index is 0.525. The fraction of sp³-hybridized carbons (Fsp3) is 0.125. The van der Waals surface area contributed by atoms with Crippen LogP contribution in [0.5, 0.6) is 0 Å². The third-order valence-electron chi connectivity index (χ3n) is 3.29. The molecule has 0 aliphatic heterocycles. The second-order valence-corrected chi connectivity index (χ2v) is 5.60. The Labute approximate surface area is 138 Å². The molecule has 3 rings (SSSR count). The summed E-state index contributed by atoms with van der Waals surface area (Å²) in [5, 5.41) is 8.52. The molecule has 2 aromatic carbocycles. The number of aromatic nitrogens is 2. The average Bonchev–Trinajstić information content (AvgIpc) is 2.53. The number of nitrogens with one attached hydrogen (secondary N) is 2. The van der Waals surface area contributed by atoms with E-state index in [0.717, 1.165) is 22.3 Å². The molecule has 6 heteroatoms. The van der Waals surface area contributed by atoms with Crippen LogP contribution in [0.4, 0.5) is 11.8 Å². The number of rotatable bonds is 4. The Morgan fingerprint density at radius 2 is 1.86 bits per heavy atom. The summed E-state index contributed by atoms with van der Waals surface area (Å²) in [5.74, 6) is 1.34. The lowest BCUT2D eigenvalue weighted by Crippen LogP contribution is -2.06. The van der Waals surface area contributed by atoms with E-state index in [2.05, 4.69) is 20.6 Å². The number of hydrogen-bond donors (Lipinski definition) is 2. The van der Waals surface area contributed by atoms with E-state index in [-0.39, 0.29) is 0 Å². The molecular formula is C16H14Cl2N4. The number of anilines is 2. The lowest BCUT2D eigenvalue weighted by atomic mass is 10.2. The van der Waals surface area contributed by atoms with Crippen molar-refractivity contribution in [1.82, 2.24) is 9.97 Å². The Balaban J connectivity index is 1.87. The van der Waals surface area contributed by atoms with Gasteiger partial charge >= 0.3 is 0 Å². The molecule has 2 N–H and O–H groups in total. The van der Waals surface area contributed by atoms with Crippen LogP contribution in [-0.2, 0) is 6.54 Å². The van der Waals surface area contributed by atoms with Crippen molar-refractivity contribution < 1.29 is 0 Å². The van der Waals surface area contributed by atoms with Crippen molar-refractivity contribution in [3.63, 3.8) is 0 Å². The van der Waals surface area contributed by atoms with Crippen LogP contribution in [0, 0.1) is 0 Å². The first kappa shape index (κ1) is 14.9. The Kier molecular flexibility index (Phi) is 4.32. The smallest absolute Gasteiger partial charge is 0.225 e. The highest BCUT2D eigenvalue weighted by Crippen LogP contribution is 2.23. The van der Waals surface area contributed by atoms with Crippen molar-refractivity contribution in [2.24, 2.45) is 0 Å². The number of para-hydroxylation sites is 1. The highest BCUT2D eigenvalue weighted by molar-refractivity contribution is 6.35. The van der Waals surface area contributed by atoms with Crippen molar-refractivity contribution in [2.45, 2.75) is 6.54 Å². The van der Waals surface area contributed by atoms with Gasteiger partial charge in [-0.25, -0.2) is 4.98 Å². The molecule has 0 aliphatic rings. The number of fused-ring (bicyclic) bond motifs is 1. The molecule has 0 aliphatic carbocycles. The van der Waals surface area contributed by atoms with Gasteiger partial charge in [0.25, 0.3) is 0 Å². The van der Waals surface area contributed by atoms with E-state index in [4.69, 9.17) is 23.2 Å². The lowest BCUT2D eigenvalue weighted by molar-refractivity contribution is 1.07. The minimum Gasteiger partial charge on any atom is -0.372 e. The molecule has 0 spiro atoms. The molecule has 3 aromatic rings. The van der Waals surface area contributed by atoms with Crippen molar-refractivity contribution in [1.29, 1.82) is 0 Å². The van der Waals surface area contributed by atoms with Crippen LogP contribution in [0.15, 0.2) is 42.5 Å². The molecule has 0 bridgehead atoms. The summed E-state index contributed by atoms with van der Waals surface area (Å²) >= 11 is 12.1. The largest absolute Gasteiger partial charge is 0.372 e. The summed E-state index contributed by atoms with van der Waals surface area (Å²) in [4.78, 5) is 8.99. The van der Waals surface area contributed by atoms with E-state index in [9.17, 15) is 0 Å². The monoisotopic (exact) mass is 332 g/mol. The molecular weight excluding hydrogens is 319 g/mol. The zero-order valence-corrected chi connectivity index (χ0v) is 13.4. The molecule has 4 nitrogen and oxygen atoms in total. The second kappa shape index (κ2) is 6.38. The SMILES string of the molecule is CNc1nc(NCc2ccc(Cl)cc2Cl)nc2ccccc12. The van der Waals surface area contributed by atoms with Crippen molar-refractivity contribution in [2.75, 3.05) is 17.7 Å². The number of nitrogens with zero attached hydrogens (tertiary/aromatic N) is 2. The van der Waals surface area contributed by atoms with Gasteiger partial charge in [0.15, 0.2) is 0 Å². The van der Waals surface area contributed by atoms with Crippen LogP contribution in [0.1, 0.15) is 5.56 Å². The fourth-order valence-corrected chi connectivity index (χ4v) is 2.66. The molecule has 1 aromatic heterocycles. The first-order valence-corrected chi connectivity index (χ1v) is 7.55. The number of hydrogen-bond acceptors (Lipinski definition) is 4. The lowest BCUT2D eigenvalue weighted by Gasteiger charge is -2.10. The van der Waals surface area contributed by atoms with Crippen molar-refractivity contribution in [3.8, 4) is 0 Å². The summed E-state index contributed by atoms with van der Waals surface area (Å²) in [6.45, 7) is 0.525. The first-order valence-electron chi connectivity index (χ1n) is 6.79. The molecule has 22 heavy (non-hydrogen) atoms. The van der Waals surface area contributed by atoms with E-state index < -0.39 is 0 Å². The quantitative estimate of drug-likeness (QED) is 0.733. The van der Waals surface area contributed by atoms with E-state index in [1.54, 1.807) is 6.07 Å². The first-order chi connectivity index (χ1) is 10.7. The van der Waals surface area contributed by atoms with E-state index in [0.29, 0.717) is 22.5 Å². The summed E-state index contributed by atoms with van der Waals surface area (Å²) in [6, 6.07) is 13.3. The zero-order valence-electron chi connectivity index (χ0n) is 11.9. The Hall–Kier alpha value is -2.04. The van der Waals surface area contributed by atoms with E-state index in [1.165, 1.54) is 0 Å². The average molecular weight is 333 g/mol. The predicted octanol–water partition coefficient (Wildman–Crippen LogP) is 4.59. The van der Waals surface area contributed by atoms with Gasteiger partial charge in [0.05, 0.1) is 5.52 Å². The van der Waals surface area contributed by atoms with Gasteiger partial charge in [0.1, 0.15) is 5.82 Å². The molecule has 1 heterocycles. The maximum Gasteiger partial charge on any atom is 0.225 e. The zero-order chi connectivity index (χ0) is 15.5. The fourth-order valence-electron chi connectivity index (χ4n) is 2.19. The molecule has 0 unspecified atom stereocenters. The molecule has 0 amide bonds. The van der Waals surface area contributed by atoms with Crippen LogP contribution in [0.3, 0.4) is 0 Å². The third-order valence-corrected chi connectivity index (χ3v) is 3.88. The van der Waals surface area contributed by atoms with Crippen LogP contribution in [-0.4, -0.2) is 17.0 Å². The molecule has 0 fully saturated rings. The number of halogens is 2. The van der Waals surface area contributed by atoms with Crippen LogP contribution < -0.4 is 10.6 Å². The van der Waals surface area contributed by atoms with Gasteiger partial charge < -0.3 is 10.6 Å². The van der Waals surface area contributed by atoms with Crippen LogP contribution in [0.2, 0.25) is 10.0 Å². The van der Waals surface area contributed by atoms with Crippen LogP contribution in [0.25, 0.3) is 10.9 Å². The summed E-state index contributed by atoms with van der Waals surface area (Å²) in [7, 11) is 1.84. The highest BCUT2D eigenvalue weighted by atomic mass is 35.5. The highest BCUT2D eigenvalue weighted by Gasteiger charge is 2.07. The molecule has 0 radical (unpaired) electrons. The van der Waals surface area contributed by atoms with Gasteiger partial charge in [-0.2, -0.15) is 4.98 Å². The summed E-state index contributed by atoms with van der Waals surface area (Å²) in [5.41, 5.74) is 1.82. The number of benzene rings is 2. The van der Waals surface area contributed by atoms with Gasteiger partial charge in [-0.05, 0) is 29.8 Å². The van der Waals surface area contributed by atoms with E-state index >= 15 is 0 Å². The topological polar surface area (TPSA) is 49.8 Å². The molecule has 112 valence electrons. The Morgan fingerprint density at radius 1 is 1.05 bits per heavy atom. The van der Waals surface area contributed by atoms with E-state index in [1.807, 2.05) is 43.4 Å². The molecule has 0 saturated heterocycles. The van der Waals surface area contributed by atoms with Gasteiger partial charge in [0.2, 0.25) is 5.95 Å². The second-order valence-electron chi connectivity index (χ2n) is 4.75. The van der Waals surface area contributed by atoms with Gasteiger partial charge in [0, 0.05) is 29.0 Å².